The van der Waals surface area contributed by atoms with Gasteiger partial charge >= 0.3 is 0 Å². The summed E-state index contributed by atoms with van der Waals surface area (Å²) in [7, 11) is 7.05. The number of nitrogens with two attached hydrogens (primary N) is 2. The second-order valence-electron chi connectivity index (χ2n) is 10.8. The number of carbonyl (C=O) groups is 3. The van der Waals surface area contributed by atoms with Crippen LogP contribution in [0.4, 0.5) is 11.5 Å². The van der Waals surface area contributed by atoms with E-state index in [0.717, 1.165) is 5.69 Å². The first-order chi connectivity index (χ1) is 18.3. The zero-order valence-electron chi connectivity index (χ0n) is 22.1. The van der Waals surface area contributed by atoms with Crippen molar-refractivity contribution in [3.05, 3.63) is 52.4 Å². The Balaban J connectivity index is 1.71. The third kappa shape index (κ3) is 3.84. The number of allylic oxidation sites excluding steroid dienone is 1. The van der Waals surface area contributed by atoms with Crippen LogP contribution < -0.4 is 16.4 Å². The summed E-state index contributed by atoms with van der Waals surface area (Å²) in [6.45, 7) is 0. The number of carbonyl (C=O) groups excluding carboxylic acids is 3. The fourth-order valence-electron chi connectivity index (χ4n) is 6.50. The van der Waals surface area contributed by atoms with Gasteiger partial charge in [0.25, 0.3) is 5.91 Å². The van der Waals surface area contributed by atoms with Gasteiger partial charge in [0.2, 0.25) is 0 Å². The number of amides is 1. The first-order valence-electron chi connectivity index (χ1n) is 12.5. The van der Waals surface area contributed by atoms with Gasteiger partial charge in [0.15, 0.2) is 11.6 Å². The number of fused-ring (bicyclic) bond motifs is 3. The van der Waals surface area contributed by atoms with Gasteiger partial charge in [0, 0.05) is 42.7 Å². The molecule has 39 heavy (non-hydrogen) atoms. The van der Waals surface area contributed by atoms with Crippen molar-refractivity contribution in [2.45, 2.75) is 18.9 Å². The molecule has 1 aromatic heterocycles. The lowest BCUT2D eigenvalue weighted by molar-refractivity contribution is -0.136. The van der Waals surface area contributed by atoms with E-state index in [2.05, 4.69) is 4.98 Å². The SMILES string of the molecule is CN(C)c1cc(-c2ccc(N)nc2)c(O)c2c1CC1CC3C(C(=O)C(C(N)=O)=C(O)[C@H]3N(C)C)C(=O)C1=C2O. The molecule has 11 nitrogen and oxygen atoms in total. The Hall–Kier alpha value is -4.38. The van der Waals surface area contributed by atoms with Gasteiger partial charge in [0.1, 0.15) is 28.7 Å². The highest BCUT2D eigenvalue weighted by molar-refractivity contribution is 6.28. The third-order valence-electron chi connectivity index (χ3n) is 8.12. The van der Waals surface area contributed by atoms with Crippen LogP contribution in [0.2, 0.25) is 0 Å². The largest absolute Gasteiger partial charge is 0.510 e. The molecule has 1 saturated carbocycles. The number of anilines is 2. The van der Waals surface area contributed by atoms with Crippen molar-refractivity contribution in [1.82, 2.24) is 9.88 Å². The molecule has 0 spiro atoms. The Bertz CT molecular complexity index is 1490. The molecule has 0 bridgehead atoms. The van der Waals surface area contributed by atoms with Gasteiger partial charge in [-0.1, -0.05) is 0 Å². The summed E-state index contributed by atoms with van der Waals surface area (Å²) >= 11 is 0. The second kappa shape index (κ2) is 9.12. The molecule has 1 aromatic carbocycles. The molecule has 7 N–H and O–H groups in total. The molecule has 3 aliphatic rings. The number of aliphatic hydroxyl groups is 2. The number of Topliss-reactive ketones (excluding diaryl/α,β-unsaturated/α-hetero) is 2. The fraction of sp³-hybridized carbons (Fsp3) is 0.357. The number of phenolic OH excluding ortho intramolecular Hbond substituents is 1. The number of rotatable bonds is 4. The molecule has 4 atom stereocenters. The van der Waals surface area contributed by atoms with Crippen molar-refractivity contribution in [1.29, 1.82) is 0 Å². The van der Waals surface area contributed by atoms with E-state index in [4.69, 9.17) is 11.5 Å². The number of ketones is 2. The Morgan fingerprint density at radius 2 is 1.77 bits per heavy atom. The van der Waals surface area contributed by atoms with Gasteiger partial charge in [-0.15, -0.1) is 0 Å². The lowest BCUT2D eigenvalue weighted by atomic mass is 9.59. The standard InChI is InChI=1S/C28H31N5O6/c1-32(2)16-9-13(11-5-6-17(29)31-10-11)23(34)19-14(16)7-12-8-15-20(25(36)18(12)24(19)35)26(37)21(28(30)39)27(38)22(15)33(3)4/h5-6,9-10,12,15,20,22,34-35,38H,7-8H2,1-4H3,(H2,29,31)(H2,30,39)/t12?,15?,20?,22-/m0/s1. The highest BCUT2D eigenvalue weighted by atomic mass is 16.3. The maximum absolute atomic E-state index is 14.0. The number of nitrogen functional groups attached to an aromatic ring is 1. The maximum Gasteiger partial charge on any atom is 0.255 e. The summed E-state index contributed by atoms with van der Waals surface area (Å²) in [4.78, 5) is 47.1. The monoisotopic (exact) mass is 533 g/mol. The average Bonchev–Trinajstić information content (AvgIpc) is 2.83. The average molecular weight is 534 g/mol. The molecule has 2 aromatic rings. The minimum Gasteiger partial charge on any atom is -0.510 e. The molecule has 1 heterocycles. The number of likely N-dealkylation sites (N-methyl/N-ethyl adjacent to an activating group) is 1. The summed E-state index contributed by atoms with van der Waals surface area (Å²) in [5, 5.41) is 33.9. The van der Waals surface area contributed by atoms with Crippen molar-refractivity contribution in [2.24, 2.45) is 23.5 Å². The van der Waals surface area contributed by atoms with Gasteiger partial charge in [-0.3, -0.25) is 19.3 Å². The lowest BCUT2D eigenvalue weighted by Gasteiger charge is -2.46. The number of nitrogens with zero attached hydrogens (tertiary/aromatic N) is 3. The summed E-state index contributed by atoms with van der Waals surface area (Å²) in [6.07, 6.45) is 2.11. The Labute approximate surface area is 225 Å². The van der Waals surface area contributed by atoms with E-state index in [1.54, 1.807) is 37.2 Å². The number of benzene rings is 1. The van der Waals surface area contributed by atoms with Crippen LogP contribution in [-0.4, -0.2) is 76.9 Å². The number of primary amides is 1. The van der Waals surface area contributed by atoms with Crippen molar-refractivity contribution >= 4 is 34.7 Å². The predicted octanol–water partition coefficient (Wildman–Crippen LogP) is 1.56. The van der Waals surface area contributed by atoms with Crippen LogP contribution in [0.1, 0.15) is 17.5 Å². The molecule has 3 unspecified atom stereocenters. The molecule has 11 heteroatoms. The Morgan fingerprint density at radius 3 is 2.33 bits per heavy atom. The number of phenols is 1. The van der Waals surface area contributed by atoms with Crippen molar-refractivity contribution in [3.8, 4) is 16.9 Å². The van der Waals surface area contributed by atoms with Crippen LogP contribution >= 0.6 is 0 Å². The minimum absolute atomic E-state index is 0.0346. The summed E-state index contributed by atoms with van der Waals surface area (Å²) in [5.74, 6) is -5.76. The van der Waals surface area contributed by atoms with E-state index in [-0.39, 0.29) is 23.3 Å². The summed E-state index contributed by atoms with van der Waals surface area (Å²) < 4.78 is 0. The van der Waals surface area contributed by atoms with Crippen LogP contribution in [-0.2, 0) is 20.8 Å². The van der Waals surface area contributed by atoms with Crippen LogP contribution in [0, 0.1) is 17.8 Å². The molecule has 0 radical (unpaired) electrons. The van der Waals surface area contributed by atoms with Crippen molar-refractivity contribution in [2.75, 3.05) is 38.8 Å². The smallest absolute Gasteiger partial charge is 0.255 e. The first-order valence-corrected chi connectivity index (χ1v) is 12.5. The van der Waals surface area contributed by atoms with Gasteiger partial charge < -0.3 is 31.7 Å². The Morgan fingerprint density at radius 1 is 1.08 bits per heavy atom. The molecule has 0 saturated heterocycles. The number of aromatic hydroxyl groups is 1. The number of aliphatic hydroxyl groups excluding tert-OH is 2. The van der Waals surface area contributed by atoms with Crippen LogP contribution in [0.5, 0.6) is 5.75 Å². The summed E-state index contributed by atoms with van der Waals surface area (Å²) in [5.41, 5.74) is 13.1. The number of pyridine rings is 1. The van der Waals surface area contributed by atoms with E-state index in [9.17, 15) is 29.7 Å². The quantitative estimate of drug-likeness (QED) is 0.285. The molecular formula is C28H31N5O6. The Kier molecular flexibility index (Phi) is 6.14. The van der Waals surface area contributed by atoms with Gasteiger partial charge in [-0.05, 0) is 62.5 Å². The maximum atomic E-state index is 14.0. The minimum atomic E-state index is -1.30. The van der Waals surface area contributed by atoms with Crippen molar-refractivity contribution < 1.29 is 29.7 Å². The van der Waals surface area contributed by atoms with E-state index >= 15 is 0 Å². The second-order valence-corrected chi connectivity index (χ2v) is 10.8. The molecule has 1 amide bonds. The van der Waals surface area contributed by atoms with Gasteiger partial charge in [-0.25, -0.2) is 4.98 Å². The normalized spacial score (nSPS) is 24.4. The van der Waals surface area contributed by atoms with Gasteiger partial charge in [0.05, 0.1) is 17.5 Å². The zero-order chi connectivity index (χ0) is 28.5. The highest BCUT2D eigenvalue weighted by Crippen LogP contribution is 2.53. The van der Waals surface area contributed by atoms with E-state index < -0.39 is 58.4 Å². The van der Waals surface area contributed by atoms with Crippen LogP contribution in [0.15, 0.2) is 41.3 Å². The topological polar surface area (TPSA) is 183 Å². The third-order valence-corrected chi connectivity index (χ3v) is 8.12. The number of hydrogen-bond acceptors (Lipinski definition) is 10. The van der Waals surface area contributed by atoms with E-state index in [1.807, 2.05) is 19.0 Å². The van der Waals surface area contributed by atoms with Crippen LogP contribution in [0.25, 0.3) is 16.9 Å². The first kappa shape index (κ1) is 26.2. The molecule has 5 rings (SSSR count). The predicted molar refractivity (Wildman–Crippen MR) is 145 cm³/mol. The lowest BCUT2D eigenvalue weighted by Crippen LogP contribution is -2.55. The summed E-state index contributed by atoms with van der Waals surface area (Å²) in [6, 6.07) is 4.30. The van der Waals surface area contributed by atoms with E-state index in [1.165, 1.54) is 6.20 Å². The zero-order valence-corrected chi connectivity index (χ0v) is 22.1. The molecule has 0 aliphatic heterocycles. The molecule has 1 fully saturated rings. The van der Waals surface area contributed by atoms with Crippen molar-refractivity contribution in [3.63, 3.8) is 0 Å². The number of aromatic nitrogens is 1. The fourth-order valence-corrected chi connectivity index (χ4v) is 6.50. The van der Waals surface area contributed by atoms with E-state index in [0.29, 0.717) is 28.9 Å². The highest BCUT2D eigenvalue weighted by Gasteiger charge is 2.56. The van der Waals surface area contributed by atoms with Crippen LogP contribution in [0.3, 0.4) is 0 Å². The van der Waals surface area contributed by atoms with Gasteiger partial charge in [-0.2, -0.15) is 0 Å². The molecule has 3 aliphatic carbocycles. The molecular weight excluding hydrogens is 502 g/mol. The molecule has 204 valence electrons. The number of hydrogen-bond donors (Lipinski definition) is 5.